The van der Waals surface area contributed by atoms with E-state index in [4.69, 9.17) is 13.6 Å². The van der Waals surface area contributed by atoms with Crippen LogP contribution >= 0.6 is 0 Å². The van der Waals surface area contributed by atoms with Crippen molar-refractivity contribution in [1.82, 2.24) is 0 Å². The van der Waals surface area contributed by atoms with Crippen LogP contribution in [-0.4, -0.2) is 46.3 Å². The van der Waals surface area contributed by atoms with E-state index in [1.54, 1.807) is 0 Å². The standard InChI is InChI=1S/C27H46O4Si2/c1-25(2,3)32(7,8)30-21-16-17-23-27(29-23,24(28)20-14-12-11-13-15-20)19-18-22(21)31-33(9,10)26(4,5)6/h11-15,21-23H,16-19H2,1-10H3/t21-,22+,23+,27-/m0/s1. The van der Waals surface area contributed by atoms with E-state index in [1.165, 1.54) is 0 Å². The Morgan fingerprint density at radius 3 is 1.82 bits per heavy atom. The lowest BCUT2D eigenvalue weighted by atomic mass is 9.84. The Hall–Kier alpha value is -0.796. The van der Waals surface area contributed by atoms with Gasteiger partial charge in [0.25, 0.3) is 0 Å². The molecule has 1 aromatic rings. The molecule has 0 amide bonds. The summed E-state index contributed by atoms with van der Waals surface area (Å²) in [5.74, 6) is 0.128. The zero-order valence-electron chi connectivity index (χ0n) is 22.6. The minimum Gasteiger partial charge on any atom is -0.411 e. The minimum absolute atomic E-state index is 0.00869. The van der Waals surface area contributed by atoms with Gasteiger partial charge in [-0.1, -0.05) is 71.9 Å². The van der Waals surface area contributed by atoms with Gasteiger partial charge in [-0.15, -0.1) is 0 Å². The number of ether oxygens (including phenoxy) is 1. The molecule has 6 heteroatoms. The molecule has 1 heterocycles. The third-order valence-electron chi connectivity index (χ3n) is 8.67. The third-order valence-corrected chi connectivity index (χ3v) is 17.7. The van der Waals surface area contributed by atoms with Gasteiger partial charge in [-0.2, -0.15) is 0 Å². The molecule has 1 saturated heterocycles. The van der Waals surface area contributed by atoms with E-state index in [0.717, 1.165) is 24.8 Å². The van der Waals surface area contributed by atoms with Gasteiger partial charge in [0.15, 0.2) is 28.0 Å². The van der Waals surface area contributed by atoms with Crippen molar-refractivity contribution in [3.63, 3.8) is 0 Å². The van der Waals surface area contributed by atoms with Gasteiger partial charge in [-0.3, -0.25) is 4.79 Å². The summed E-state index contributed by atoms with van der Waals surface area (Å²) in [6.45, 7) is 23.0. The van der Waals surface area contributed by atoms with Crippen LogP contribution < -0.4 is 0 Å². The van der Waals surface area contributed by atoms with Gasteiger partial charge in [0.2, 0.25) is 0 Å². The maximum absolute atomic E-state index is 13.4. The highest BCUT2D eigenvalue weighted by Crippen LogP contribution is 2.50. The van der Waals surface area contributed by atoms with Gasteiger partial charge in [-0.05, 0) is 61.9 Å². The molecule has 4 atom stereocenters. The summed E-state index contributed by atoms with van der Waals surface area (Å²) in [6.07, 6.45) is 3.24. The highest BCUT2D eigenvalue weighted by atomic mass is 28.4. The maximum atomic E-state index is 13.4. The van der Waals surface area contributed by atoms with Gasteiger partial charge >= 0.3 is 0 Å². The van der Waals surface area contributed by atoms with Crippen molar-refractivity contribution in [1.29, 1.82) is 0 Å². The van der Waals surface area contributed by atoms with Crippen LogP contribution in [0.1, 0.15) is 77.6 Å². The fourth-order valence-corrected chi connectivity index (χ4v) is 7.06. The van der Waals surface area contributed by atoms with Crippen LogP contribution in [0, 0.1) is 0 Å². The number of benzene rings is 1. The first-order chi connectivity index (χ1) is 15.0. The second kappa shape index (κ2) is 9.01. The first kappa shape index (κ1) is 26.8. The molecule has 4 nitrogen and oxygen atoms in total. The second-order valence-corrected chi connectivity index (χ2v) is 22.7. The average molecular weight is 491 g/mol. The molecule has 186 valence electrons. The first-order valence-corrected chi connectivity index (χ1v) is 18.5. The van der Waals surface area contributed by atoms with Crippen LogP contribution in [0.15, 0.2) is 30.3 Å². The van der Waals surface area contributed by atoms with Crippen molar-refractivity contribution < 1.29 is 18.4 Å². The lowest BCUT2D eigenvalue weighted by Gasteiger charge is -2.45. The monoisotopic (exact) mass is 490 g/mol. The molecule has 1 saturated carbocycles. The van der Waals surface area contributed by atoms with Crippen LogP contribution in [0.3, 0.4) is 0 Å². The van der Waals surface area contributed by atoms with Crippen LogP contribution in [0.4, 0.5) is 0 Å². The molecule has 0 N–H and O–H groups in total. The SMILES string of the molecule is CC(C)(C)[Si](C)(C)O[C@H]1CC[C@H]2O[C@@]2(C(=O)c2ccccc2)CC[C@H]1O[Si](C)(C)C(C)(C)C. The summed E-state index contributed by atoms with van der Waals surface area (Å²) >= 11 is 0. The topological polar surface area (TPSA) is 48.1 Å². The maximum Gasteiger partial charge on any atom is 0.197 e. The lowest BCUT2D eigenvalue weighted by Crippen LogP contribution is -2.52. The molecule has 0 spiro atoms. The molecule has 2 aliphatic rings. The van der Waals surface area contributed by atoms with Gasteiger partial charge in [0.1, 0.15) is 0 Å². The van der Waals surface area contributed by atoms with Crippen LogP contribution in [0.5, 0.6) is 0 Å². The molecule has 1 aliphatic carbocycles. The van der Waals surface area contributed by atoms with E-state index in [9.17, 15) is 4.79 Å². The molecule has 0 bridgehead atoms. The van der Waals surface area contributed by atoms with Crippen molar-refractivity contribution >= 4 is 22.4 Å². The first-order valence-electron chi connectivity index (χ1n) is 12.6. The van der Waals surface area contributed by atoms with Gasteiger partial charge in [-0.25, -0.2) is 0 Å². The average Bonchev–Trinajstić information content (AvgIpc) is 3.39. The predicted octanol–water partition coefficient (Wildman–Crippen LogP) is 7.36. The van der Waals surface area contributed by atoms with Crippen molar-refractivity contribution in [2.45, 2.75) is 127 Å². The lowest BCUT2D eigenvalue weighted by molar-refractivity contribution is 0.0177. The number of hydrogen-bond acceptors (Lipinski definition) is 4. The summed E-state index contributed by atoms with van der Waals surface area (Å²) < 4.78 is 20.2. The quantitative estimate of drug-likeness (QED) is 0.237. The largest absolute Gasteiger partial charge is 0.411 e. The van der Waals surface area contributed by atoms with E-state index >= 15 is 0 Å². The zero-order chi connectivity index (χ0) is 24.9. The summed E-state index contributed by atoms with van der Waals surface area (Å²) in [5.41, 5.74) is 0.0646. The number of epoxide rings is 1. The molecular weight excluding hydrogens is 444 g/mol. The fraction of sp³-hybridized carbons (Fsp3) is 0.741. The van der Waals surface area contributed by atoms with E-state index in [2.05, 4.69) is 67.7 Å². The molecule has 0 radical (unpaired) electrons. The van der Waals surface area contributed by atoms with E-state index in [0.29, 0.717) is 6.42 Å². The Morgan fingerprint density at radius 1 is 0.848 bits per heavy atom. The molecule has 1 aromatic carbocycles. The molecule has 1 aliphatic heterocycles. The Morgan fingerprint density at radius 2 is 1.33 bits per heavy atom. The van der Waals surface area contributed by atoms with E-state index in [1.807, 2.05) is 30.3 Å². The van der Waals surface area contributed by atoms with Crippen LogP contribution in [-0.2, 0) is 13.6 Å². The van der Waals surface area contributed by atoms with Crippen molar-refractivity contribution in [3.8, 4) is 0 Å². The molecule has 0 aromatic heterocycles. The summed E-state index contributed by atoms with van der Waals surface area (Å²) in [4.78, 5) is 13.4. The van der Waals surface area contributed by atoms with E-state index in [-0.39, 0.29) is 34.2 Å². The molecule has 33 heavy (non-hydrogen) atoms. The van der Waals surface area contributed by atoms with Gasteiger partial charge in [0, 0.05) is 5.56 Å². The Balaban J connectivity index is 1.87. The predicted molar refractivity (Wildman–Crippen MR) is 141 cm³/mol. The number of Topliss-reactive ketones (excluding diaryl/α,β-unsaturated/α-hetero) is 1. The number of carbonyl (C=O) groups excluding carboxylic acids is 1. The molecule has 3 rings (SSSR count). The molecule has 0 unspecified atom stereocenters. The van der Waals surface area contributed by atoms with E-state index < -0.39 is 22.2 Å². The zero-order valence-corrected chi connectivity index (χ0v) is 24.6. The summed E-state index contributed by atoms with van der Waals surface area (Å²) in [6, 6.07) is 9.61. The smallest absolute Gasteiger partial charge is 0.197 e. The highest BCUT2D eigenvalue weighted by Gasteiger charge is 2.62. The van der Waals surface area contributed by atoms with Gasteiger partial charge < -0.3 is 13.6 Å². The van der Waals surface area contributed by atoms with Crippen molar-refractivity contribution in [2.75, 3.05) is 0 Å². The Labute approximate surface area is 204 Å². The summed E-state index contributed by atoms with van der Waals surface area (Å²) in [5, 5.41) is 0.257. The number of fused-ring (bicyclic) bond motifs is 1. The Kier molecular flexibility index (Phi) is 7.32. The number of hydrogen-bond donors (Lipinski definition) is 0. The fourth-order valence-electron chi connectivity index (χ4n) is 4.30. The minimum atomic E-state index is -2.01. The third kappa shape index (κ3) is 5.56. The molecular formula is C27H46O4Si2. The van der Waals surface area contributed by atoms with Gasteiger partial charge in [0.05, 0.1) is 18.3 Å². The Bertz CT molecular complexity index is 838. The number of carbonyl (C=O) groups is 1. The number of rotatable bonds is 6. The summed E-state index contributed by atoms with van der Waals surface area (Å²) in [7, 11) is -3.98. The van der Waals surface area contributed by atoms with Crippen LogP contribution in [0.2, 0.25) is 36.3 Å². The van der Waals surface area contributed by atoms with Crippen LogP contribution in [0.25, 0.3) is 0 Å². The van der Waals surface area contributed by atoms with Crippen molar-refractivity contribution in [3.05, 3.63) is 35.9 Å². The van der Waals surface area contributed by atoms with Crippen molar-refractivity contribution in [2.24, 2.45) is 0 Å². The normalized spacial score (nSPS) is 29.1. The number of ketones is 1. The second-order valence-electron chi connectivity index (χ2n) is 13.1. The molecule has 2 fully saturated rings. The highest BCUT2D eigenvalue weighted by molar-refractivity contribution is 6.74.